The summed E-state index contributed by atoms with van der Waals surface area (Å²) in [6, 6.07) is 23.8. The molecule has 0 fully saturated rings. The number of carbonyl (C=O) groups excluding carboxylic acids is 1. The maximum atomic E-state index is 13.0. The normalized spacial score (nSPS) is 12.4. The number of benzene rings is 3. The number of hydrogen-bond acceptors (Lipinski definition) is 4. The number of ether oxygens (including phenoxy) is 3. The standard InChI is InChI=1S/C56H88O4/c1-5-8-10-12-14-16-17-18-19-20-21-22-23-24-26-28-30-32-47-58-48(4)49-35-37-50(38-36-49)51-39-41-52(42-40-51)56(57)60-55-45-43-54(44-46-55)59-53(33-7-3)34-31-29-27-25-15-13-11-9-6-2/h35-46,48,53H,5-34,47H2,1-4H3. The average molecular weight is 825 g/mol. The Morgan fingerprint density at radius 3 is 1.28 bits per heavy atom. The maximum absolute atomic E-state index is 13.0. The first kappa shape index (κ1) is 51.2. The van der Waals surface area contributed by atoms with Crippen LogP contribution < -0.4 is 9.47 Å². The lowest BCUT2D eigenvalue weighted by molar-refractivity contribution is 0.0627. The van der Waals surface area contributed by atoms with Crippen molar-refractivity contribution in [2.45, 2.75) is 233 Å². The van der Waals surface area contributed by atoms with E-state index < -0.39 is 0 Å². The summed E-state index contributed by atoms with van der Waals surface area (Å²) in [5, 5.41) is 0. The Morgan fingerprint density at radius 2 is 0.833 bits per heavy atom. The summed E-state index contributed by atoms with van der Waals surface area (Å²) in [7, 11) is 0. The first-order chi connectivity index (χ1) is 29.5. The summed E-state index contributed by atoms with van der Waals surface area (Å²) < 4.78 is 18.3. The Labute approximate surface area is 369 Å². The van der Waals surface area contributed by atoms with Crippen molar-refractivity contribution in [2.24, 2.45) is 0 Å². The number of unbranched alkanes of at least 4 members (excludes halogenated alkanes) is 25. The van der Waals surface area contributed by atoms with Crippen LogP contribution in [0.3, 0.4) is 0 Å². The Balaban J connectivity index is 1.25. The Hall–Kier alpha value is -3.11. The minimum atomic E-state index is -0.361. The van der Waals surface area contributed by atoms with Crippen LogP contribution in [-0.4, -0.2) is 18.7 Å². The van der Waals surface area contributed by atoms with Crippen LogP contribution in [0.1, 0.15) is 242 Å². The third kappa shape index (κ3) is 23.8. The molecule has 0 aliphatic heterocycles. The molecule has 0 radical (unpaired) electrons. The molecule has 2 atom stereocenters. The molecule has 0 aliphatic carbocycles. The summed E-state index contributed by atoms with van der Waals surface area (Å²) in [5.41, 5.74) is 3.90. The van der Waals surface area contributed by atoms with Gasteiger partial charge in [-0.25, -0.2) is 4.79 Å². The van der Waals surface area contributed by atoms with Crippen molar-refractivity contribution in [2.75, 3.05) is 6.61 Å². The number of rotatable bonds is 38. The van der Waals surface area contributed by atoms with Crippen molar-refractivity contribution in [3.63, 3.8) is 0 Å². The van der Waals surface area contributed by atoms with E-state index in [-0.39, 0.29) is 18.2 Å². The van der Waals surface area contributed by atoms with Gasteiger partial charge in [0.25, 0.3) is 0 Å². The molecule has 4 nitrogen and oxygen atoms in total. The molecule has 0 N–H and O–H groups in total. The highest BCUT2D eigenvalue weighted by molar-refractivity contribution is 5.91. The predicted molar refractivity (Wildman–Crippen MR) is 258 cm³/mol. The van der Waals surface area contributed by atoms with E-state index in [0.29, 0.717) is 11.3 Å². The monoisotopic (exact) mass is 825 g/mol. The van der Waals surface area contributed by atoms with Crippen molar-refractivity contribution in [3.8, 4) is 22.6 Å². The molecular weight excluding hydrogens is 737 g/mol. The molecule has 0 saturated carbocycles. The molecule has 0 amide bonds. The van der Waals surface area contributed by atoms with Crippen molar-refractivity contribution in [1.29, 1.82) is 0 Å². The quantitative estimate of drug-likeness (QED) is 0.0328. The largest absolute Gasteiger partial charge is 0.490 e. The van der Waals surface area contributed by atoms with Crippen molar-refractivity contribution < 1.29 is 19.0 Å². The molecule has 60 heavy (non-hydrogen) atoms. The van der Waals surface area contributed by atoms with Gasteiger partial charge in [0.05, 0.1) is 17.8 Å². The van der Waals surface area contributed by atoms with Crippen LogP contribution in [0.4, 0.5) is 0 Å². The summed E-state index contributed by atoms with van der Waals surface area (Å²) in [4.78, 5) is 13.0. The highest BCUT2D eigenvalue weighted by atomic mass is 16.5. The van der Waals surface area contributed by atoms with E-state index in [1.165, 1.54) is 173 Å². The molecule has 336 valence electrons. The SMILES string of the molecule is CCCCCCCCCCCCCCCCCCCCOC(C)c1ccc(-c2ccc(C(=O)Oc3ccc(OC(CCC)CCCCCCCCCCC)cc3)cc2)cc1. The first-order valence-electron chi connectivity index (χ1n) is 25.3. The molecule has 0 aromatic heterocycles. The second kappa shape index (κ2) is 34.5. The molecule has 3 aromatic carbocycles. The molecule has 2 unspecified atom stereocenters. The van der Waals surface area contributed by atoms with Crippen molar-refractivity contribution >= 4 is 5.97 Å². The van der Waals surface area contributed by atoms with Crippen LogP contribution >= 0.6 is 0 Å². The Kier molecular flexibility index (Phi) is 29.4. The molecule has 3 aromatic rings. The summed E-state index contributed by atoms with van der Waals surface area (Å²) in [6.45, 7) is 9.75. The molecular formula is C56H88O4. The lowest BCUT2D eigenvalue weighted by atomic mass is 10.0. The molecule has 3 rings (SSSR count). The zero-order valence-electron chi connectivity index (χ0n) is 39.1. The van der Waals surface area contributed by atoms with Crippen LogP contribution in [-0.2, 0) is 4.74 Å². The number of carbonyl (C=O) groups is 1. The van der Waals surface area contributed by atoms with Gasteiger partial charge in [-0.1, -0.05) is 224 Å². The fraction of sp³-hybridized carbons (Fsp3) is 0.661. The van der Waals surface area contributed by atoms with Gasteiger partial charge in [0, 0.05) is 6.61 Å². The highest BCUT2D eigenvalue weighted by Gasteiger charge is 2.13. The van der Waals surface area contributed by atoms with Crippen molar-refractivity contribution in [1.82, 2.24) is 0 Å². The summed E-state index contributed by atoms with van der Waals surface area (Å²) in [5.74, 6) is 0.997. The molecule has 0 bridgehead atoms. The van der Waals surface area contributed by atoms with E-state index in [4.69, 9.17) is 14.2 Å². The van der Waals surface area contributed by atoms with Gasteiger partial charge >= 0.3 is 5.97 Å². The minimum absolute atomic E-state index is 0.0740. The molecule has 4 heteroatoms. The number of hydrogen-bond donors (Lipinski definition) is 0. The lowest BCUT2D eigenvalue weighted by Gasteiger charge is -2.19. The molecule has 0 spiro atoms. The third-order valence-electron chi connectivity index (χ3n) is 12.3. The van der Waals surface area contributed by atoms with Crippen LogP contribution in [0.25, 0.3) is 11.1 Å². The van der Waals surface area contributed by atoms with Gasteiger partial charge in [0.15, 0.2) is 0 Å². The second-order valence-electron chi connectivity index (χ2n) is 17.7. The topological polar surface area (TPSA) is 44.8 Å². The highest BCUT2D eigenvalue weighted by Crippen LogP contribution is 2.26. The lowest BCUT2D eigenvalue weighted by Crippen LogP contribution is -2.16. The second-order valence-corrected chi connectivity index (χ2v) is 17.7. The van der Waals surface area contributed by atoms with Gasteiger partial charge in [0.2, 0.25) is 0 Å². The Bertz CT molecular complexity index is 1430. The molecule has 0 aliphatic rings. The molecule has 0 heterocycles. The van der Waals surface area contributed by atoms with E-state index in [9.17, 15) is 4.79 Å². The fourth-order valence-corrected chi connectivity index (χ4v) is 8.32. The van der Waals surface area contributed by atoms with E-state index >= 15 is 0 Å². The van der Waals surface area contributed by atoms with Gasteiger partial charge < -0.3 is 14.2 Å². The average Bonchev–Trinajstić information content (AvgIpc) is 3.27. The van der Waals surface area contributed by atoms with E-state index in [2.05, 4.69) is 52.0 Å². The minimum Gasteiger partial charge on any atom is -0.490 e. The van der Waals surface area contributed by atoms with E-state index in [0.717, 1.165) is 49.2 Å². The zero-order chi connectivity index (χ0) is 42.7. The van der Waals surface area contributed by atoms with E-state index in [1.54, 1.807) is 0 Å². The van der Waals surface area contributed by atoms with Crippen LogP contribution in [0.5, 0.6) is 11.5 Å². The summed E-state index contributed by atoms with van der Waals surface area (Å²) in [6.07, 6.45) is 40.6. The van der Waals surface area contributed by atoms with Crippen LogP contribution in [0.15, 0.2) is 72.8 Å². The van der Waals surface area contributed by atoms with Gasteiger partial charge in [-0.2, -0.15) is 0 Å². The van der Waals surface area contributed by atoms with Gasteiger partial charge in [-0.05, 0) is 85.7 Å². The van der Waals surface area contributed by atoms with Crippen molar-refractivity contribution in [3.05, 3.63) is 83.9 Å². The van der Waals surface area contributed by atoms with Gasteiger partial charge in [0.1, 0.15) is 11.5 Å². The van der Waals surface area contributed by atoms with Crippen LogP contribution in [0, 0.1) is 0 Å². The molecule has 0 saturated heterocycles. The predicted octanol–water partition coefficient (Wildman–Crippen LogP) is 18.2. The third-order valence-corrected chi connectivity index (χ3v) is 12.3. The number of esters is 1. The van der Waals surface area contributed by atoms with Gasteiger partial charge in [-0.15, -0.1) is 0 Å². The maximum Gasteiger partial charge on any atom is 0.343 e. The van der Waals surface area contributed by atoms with Gasteiger partial charge in [-0.3, -0.25) is 0 Å². The fourth-order valence-electron chi connectivity index (χ4n) is 8.32. The Morgan fingerprint density at radius 1 is 0.433 bits per heavy atom. The van der Waals surface area contributed by atoms with E-state index in [1.807, 2.05) is 48.5 Å². The van der Waals surface area contributed by atoms with Crippen LogP contribution in [0.2, 0.25) is 0 Å². The first-order valence-corrected chi connectivity index (χ1v) is 25.3. The summed E-state index contributed by atoms with van der Waals surface area (Å²) >= 11 is 0. The zero-order valence-corrected chi connectivity index (χ0v) is 39.1. The smallest absolute Gasteiger partial charge is 0.343 e.